The second-order valence-corrected chi connectivity index (χ2v) is 14.1. The molecule has 3 heterocycles. The number of thioether (sulfide) groups is 2. The van der Waals surface area contributed by atoms with Gasteiger partial charge in [0.05, 0.1) is 13.2 Å². The quantitative estimate of drug-likeness (QED) is 0.190. The van der Waals surface area contributed by atoms with Gasteiger partial charge in [0.1, 0.15) is 65.1 Å². The summed E-state index contributed by atoms with van der Waals surface area (Å²) in [4.78, 5) is 0. The van der Waals surface area contributed by atoms with Gasteiger partial charge in [-0.05, 0) is 64.4 Å². The summed E-state index contributed by atoms with van der Waals surface area (Å²) in [5, 5.41) is 80.1. The lowest BCUT2D eigenvalue weighted by Crippen LogP contribution is -2.58. The molecule has 0 saturated carbocycles. The Morgan fingerprint density at radius 1 is 0.636 bits per heavy atom. The van der Waals surface area contributed by atoms with Crippen LogP contribution in [0, 0.1) is 23.7 Å². The summed E-state index contributed by atoms with van der Waals surface area (Å²) in [6.45, 7) is -1.04. The summed E-state index contributed by atoms with van der Waals surface area (Å²) in [5.41, 5.74) is 5.66. The molecule has 10 atom stereocenters. The molecule has 0 aromatic heterocycles. The largest absolute Gasteiger partial charge is 0.394 e. The highest BCUT2D eigenvalue weighted by Crippen LogP contribution is 2.63. The van der Waals surface area contributed by atoms with Crippen molar-refractivity contribution in [2.24, 2.45) is 0 Å². The molecule has 1 aliphatic carbocycles. The van der Waals surface area contributed by atoms with Crippen molar-refractivity contribution in [1.29, 1.82) is 0 Å². The van der Waals surface area contributed by atoms with E-state index in [1.807, 2.05) is 59.9 Å². The first-order valence-corrected chi connectivity index (χ1v) is 16.4. The Kier molecular flexibility index (Phi) is 9.35. The van der Waals surface area contributed by atoms with Crippen molar-refractivity contribution in [3.8, 4) is 34.8 Å². The topological polar surface area (TPSA) is 180 Å². The summed E-state index contributed by atoms with van der Waals surface area (Å²) >= 11 is 3.67. The second kappa shape index (κ2) is 12.9. The third-order valence-corrected chi connectivity index (χ3v) is 11.8. The molecule has 0 amide bonds. The van der Waals surface area contributed by atoms with Crippen LogP contribution in [0.3, 0.4) is 0 Å². The molecule has 2 aromatic carbocycles. The van der Waals surface area contributed by atoms with Gasteiger partial charge in [-0.2, -0.15) is 0 Å². The van der Waals surface area contributed by atoms with Gasteiger partial charge in [0.15, 0.2) is 0 Å². The summed E-state index contributed by atoms with van der Waals surface area (Å²) < 4.78 is 10.7. The molecule has 3 saturated heterocycles. The van der Waals surface area contributed by atoms with Gasteiger partial charge >= 0.3 is 0 Å². The maximum atomic E-state index is 10.4. The van der Waals surface area contributed by atoms with Crippen LogP contribution < -0.4 is 0 Å². The zero-order valence-electron chi connectivity index (χ0n) is 23.5. The Morgan fingerprint density at radius 2 is 1.07 bits per heavy atom. The number of hydrogen-bond donors (Lipinski definition) is 8. The molecule has 44 heavy (non-hydrogen) atoms. The fraction of sp³-hybridized carbons (Fsp3) is 0.500. The van der Waals surface area contributed by atoms with Crippen molar-refractivity contribution in [2.75, 3.05) is 24.7 Å². The lowest BCUT2D eigenvalue weighted by molar-refractivity contribution is -0.214. The molecule has 12 heteroatoms. The molecular weight excluding hydrogens is 608 g/mol. The average molecular weight is 643 g/mol. The Hall–Kier alpha value is -2.14. The Bertz CT molecular complexity index is 1400. The zero-order chi connectivity index (χ0) is 31.2. The lowest BCUT2D eigenvalue weighted by Gasteiger charge is -2.37. The van der Waals surface area contributed by atoms with Gasteiger partial charge in [-0.3, -0.25) is 0 Å². The van der Waals surface area contributed by atoms with Crippen LogP contribution in [0.25, 0.3) is 11.1 Å². The number of aliphatic hydroxyl groups excluding tert-OH is 8. The average Bonchev–Trinajstić information content (AvgIpc) is 3.29. The van der Waals surface area contributed by atoms with Crippen molar-refractivity contribution in [3.05, 3.63) is 58.7 Å². The van der Waals surface area contributed by atoms with Gasteiger partial charge in [0.25, 0.3) is 0 Å². The highest BCUT2D eigenvalue weighted by molar-refractivity contribution is 8.18. The van der Waals surface area contributed by atoms with Gasteiger partial charge in [0.2, 0.25) is 0 Å². The fourth-order valence-corrected chi connectivity index (χ4v) is 9.46. The van der Waals surface area contributed by atoms with Crippen LogP contribution in [0.5, 0.6) is 0 Å². The van der Waals surface area contributed by atoms with E-state index in [-0.39, 0.29) is 0 Å². The molecule has 2 aromatic rings. The Morgan fingerprint density at radius 3 is 1.48 bits per heavy atom. The van der Waals surface area contributed by atoms with Crippen molar-refractivity contribution in [3.63, 3.8) is 0 Å². The van der Waals surface area contributed by atoms with Crippen LogP contribution in [0.1, 0.15) is 28.7 Å². The van der Waals surface area contributed by atoms with E-state index in [0.29, 0.717) is 11.1 Å². The van der Waals surface area contributed by atoms with Gasteiger partial charge in [-0.25, -0.2) is 0 Å². The van der Waals surface area contributed by atoms with E-state index in [4.69, 9.17) is 9.47 Å². The van der Waals surface area contributed by atoms with Crippen molar-refractivity contribution < 1.29 is 50.3 Å². The van der Waals surface area contributed by atoms with E-state index < -0.39 is 78.3 Å². The number of benzene rings is 2. The first kappa shape index (κ1) is 31.8. The monoisotopic (exact) mass is 642 g/mol. The van der Waals surface area contributed by atoms with E-state index in [2.05, 4.69) is 23.7 Å². The summed E-state index contributed by atoms with van der Waals surface area (Å²) in [6.07, 6.45) is -11.9. The van der Waals surface area contributed by atoms with Crippen molar-refractivity contribution in [2.45, 2.75) is 71.5 Å². The number of aliphatic hydroxyl groups is 8. The first-order valence-electron chi connectivity index (χ1n) is 14.4. The van der Waals surface area contributed by atoms with Gasteiger partial charge in [0, 0.05) is 11.1 Å². The molecule has 6 rings (SSSR count). The molecule has 10 unspecified atom stereocenters. The summed E-state index contributed by atoms with van der Waals surface area (Å²) in [5.74, 6) is 13.7. The standard InChI is InChI=1S/C32H34O10S2/c33-14-24-28(37)30(39)26(35)22(41-24)8-4-16-2-6-18-19-7-3-17(5-9-23-27(36)31(40)29(38)25(15-34)42-23)13-21(19)32(20(18)12-16)43-10-1-11-44-32/h2-3,6-7,12-13,22-31,33-40H,1,10-11,14-15H2. The zero-order valence-corrected chi connectivity index (χ0v) is 25.1. The molecule has 8 N–H and O–H groups in total. The number of hydrogen-bond acceptors (Lipinski definition) is 12. The SMILES string of the molecule is OCC1OC(C#Cc2ccc3c(c2)C2(SCCCS2)c2cc(C#CC4OC(CO)C(O)C(O)C4O)ccc2-3)C(O)C(O)C1O. The Labute approximate surface area is 263 Å². The minimum Gasteiger partial charge on any atom is -0.394 e. The molecule has 0 radical (unpaired) electrons. The summed E-state index contributed by atoms with van der Waals surface area (Å²) in [7, 11) is 0. The maximum Gasteiger partial charge on any atom is 0.147 e. The minimum atomic E-state index is -1.49. The molecule has 4 aliphatic rings. The number of rotatable bonds is 2. The molecule has 234 valence electrons. The van der Waals surface area contributed by atoms with E-state index in [1.54, 1.807) is 0 Å². The van der Waals surface area contributed by atoms with E-state index >= 15 is 0 Å². The highest BCUT2D eigenvalue weighted by atomic mass is 32.2. The fourth-order valence-electron chi connectivity index (χ4n) is 6.00. The van der Waals surface area contributed by atoms with Gasteiger partial charge in [-0.15, -0.1) is 23.5 Å². The molecule has 3 aliphatic heterocycles. The predicted molar refractivity (Wildman–Crippen MR) is 163 cm³/mol. The molecule has 10 nitrogen and oxygen atoms in total. The predicted octanol–water partition coefficient (Wildman–Crippen LogP) is -0.874. The number of fused-ring (bicyclic) bond motifs is 5. The molecule has 3 fully saturated rings. The van der Waals surface area contributed by atoms with Crippen LogP contribution in [0.4, 0.5) is 0 Å². The van der Waals surface area contributed by atoms with Crippen LogP contribution in [-0.2, 0) is 13.6 Å². The van der Waals surface area contributed by atoms with Gasteiger partial charge in [-0.1, -0.05) is 35.8 Å². The summed E-state index contributed by atoms with van der Waals surface area (Å²) in [6, 6.07) is 11.8. The van der Waals surface area contributed by atoms with E-state index in [1.165, 1.54) is 0 Å². The normalized spacial score (nSPS) is 35.5. The lowest BCUT2D eigenvalue weighted by atomic mass is 9.95. The molecule has 0 bridgehead atoms. The third-order valence-electron chi connectivity index (χ3n) is 8.44. The third kappa shape index (κ3) is 5.58. The highest BCUT2D eigenvalue weighted by Gasteiger charge is 2.47. The van der Waals surface area contributed by atoms with Crippen LogP contribution in [0.15, 0.2) is 36.4 Å². The molecular formula is C32H34O10S2. The Balaban J connectivity index is 1.31. The smallest absolute Gasteiger partial charge is 0.147 e. The second-order valence-electron chi connectivity index (χ2n) is 11.2. The van der Waals surface area contributed by atoms with Crippen LogP contribution in [-0.4, -0.2) is 127 Å². The minimum absolute atomic E-state index is 0.412. The maximum absolute atomic E-state index is 10.4. The van der Waals surface area contributed by atoms with Crippen molar-refractivity contribution >= 4 is 23.5 Å². The van der Waals surface area contributed by atoms with Gasteiger partial charge < -0.3 is 50.3 Å². The molecule has 1 spiro atoms. The first-order chi connectivity index (χ1) is 21.2. The number of ether oxygens (including phenoxy) is 2. The van der Waals surface area contributed by atoms with Crippen molar-refractivity contribution in [1.82, 2.24) is 0 Å². The van der Waals surface area contributed by atoms with E-state index in [9.17, 15) is 40.9 Å². The van der Waals surface area contributed by atoms with Crippen LogP contribution >= 0.6 is 23.5 Å². The van der Waals surface area contributed by atoms with Crippen LogP contribution in [0.2, 0.25) is 0 Å². The van der Waals surface area contributed by atoms with E-state index in [0.717, 1.165) is 40.2 Å².